The SMILES string of the molecule is C=CCC[C@H](NC(=O)C1[C@@H]2[C@H](CN1C(=O)[C@@H](NC(=O)OC(C)(C)C)C(C)(C)C)C2(C)C)C(=O)C(=O)NCCCC(=O)c1ccccc1. The minimum atomic E-state index is -1.14. The summed E-state index contributed by atoms with van der Waals surface area (Å²) in [6, 6.07) is 5.82. The van der Waals surface area contributed by atoms with Crippen molar-refractivity contribution in [2.45, 2.75) is 105 Å². The molecule has 1 saturated heterocycles. The number of nitrogens with one attached hydrogen (secondary N) is 3. The van der Waals surface area contributed by atoms with Crippen molar-refractivity contribution in [2.24, 2.45) is 22.7 Å². The van der Waals surface area contributed by atoms with Gasteiger partial charge >= 0.3 is 6.09 Å². The zero-order valence-electron chi connectivity index (χ0n) is 29.1. The average Bonchev–Trinajstić information content (AvgIpc) is 3.29. The fourth-order valence-electron chi connectivity index (χ4n) is 6.33. The highest BCUT2D eigenvalue weighted by Crippen LogP contribution is 2.65. The van der Waals surface area contributed by atoms with Gasteiger partial charge < -0.3 is 25.6 Å². The topological polar surface area (TPSA) is 151 Å². The predicted molar refractivity (Wildman–Crippen MR) is 178 cm³/mol. The van der Waals surface area contributed by atoms with E-state index >= 15 is 0 Å². The lowest BCUT2D eigenvalue weighted by Crippen LogP contribution is -2.60. The Morgan fingerprint density at radius 3 is 2.23 bits per heavy atom. The Balaban J connectivity index is 1.71. The zero-order valence-corrected chi connectivity index (χ0v) is 29.1. The number of ketones is 2. The molecule has 1 saturated carbocycles. The van der Waals surface area contributed by atoms with Crippen molar-refractivity contribution in [3.8, 4) is 0 Å². The number of Topliss-reactive ketones (excluding diaryl/α,β-unsaturated/α-hetero) is 2. The zero-order chi connectivity index (χ0) is 35.3. The van der Waals surface area contributed by atoms with Crippen molar-refractivity contribution in [3.05, 3.63) is 48.6 Å². The number of alkyl carbamates (subject to hydrolysis) is 1. The fraction of sp³-hybridized carbons (Fsp3) is 0.611. The maximum Gasteiger partial charge on any atom is 0.408 e. The van der Waals surface area contributed by atoms with Crippen molar-refractivity contribution in [2.75, 3.05) is 13.1 Å². The van der Waals surface area contributed by atoms with E-state index in [1.54, 1.807) is 51.1 Å². The van der Waals surface area contributed by atoms with Crippen molar-refractivity contribution in [1.29, 1.82) is 0 Å². The van der Waals surface area contributed by atoms with Crippen molar-refractivity contribution < 1.29 is 33.5 Å². The smallest absolute Gasteiger partial charge is 0.408 e. The van der Waals surface area contributed by atoms with Gasteiger partial charge in [-0.15, -0.1) is 6.58 Å². The minimum Gasteiger partial charge on any atom is -0.444 e. The first-order chi connectivity index (χ1) is 21.8. The van der Waals surface area contributed by atoms with Crippen LogP contribution in [0.2, 0.25) is 0 Å². The molecule has 1 heterocycles. The fourth-order valence-corrected chi connectivity index (χ4v) is 6.33. The van der Waals surface area contributed by atoms with E-state index in [1.807, 2.05) is 40.7 Å². The molecule has 2 aliphatic rings. The maximum absolute atomic E-state index is 14.1. The van der Waals surface area contributed by atoms with Crippen LogP contribution in [0.15, 0.2) is 43.0 Å². The van der Waals surface area contributed by atoms with Crippen LogP contribution in [0, 0.1) is 22.7 Å². The van der Waals surface area contributed by atoms with Gasteiger partial charge in [0, 0.05) is 25.1 Å². The molecular formula is C36H52N4O7. The third-order valence-electron chi connectivity index (χ3n) is 9.01. The van der Waals surface area contributed by atoms with Gasteiger partial charge in [-0.05, 0) is 62.7 Å². The van der Waals surface area contributed by atoms with Crippen LogP contribution in [-0.4, -0.2) is 77.1 Å². The van der Waals surface area contributed by atoms with E-state index in [4.69, 9.17) is 4.74 Å². The molecule has 0 bridgehead atoms. The quantitative estimate of drug-likeness (QED) is 0.118. The molecular weight excluding hydrogens is 600 g/mol. The molecule has 5 atom stereocenters. The molecule has 11 nitrogen and oxygen atoms in total. The van der Waals surface area contributed by atoms with Gasteiger partial charge in [0.25, 0.3) is 5.91 Å². The number of rotatable bonds is 14. The molecule has 1 aliphatic heterocycles. The number of likely N-dealkylation sites (tertiary alicyclic amines) is 1. The van der Waals surface area contributed by atoms with Crippen LogP contribution in [0.3, 0.4) is 0 Å². The van der Waals surface area contributed by atoms with Crippen LogP contribution >= 0.6 is 0 Å². The van der Waals surface area contributed by atoms with E-state index in [0.717, 1.165) is 0 Å². The summed E-state index contributed by atoms with van der Waals surface area (Å²) in [7, 11) is 0. The number of ether oxygens (including phenoxy) is 1. The number of hydrogen-bond donors (Lipinski definition) is 3. The molecule has 1 aromatic rings. The van der Waals surface area contributed by atoms with Gasteiger partial charge in [-0.3, -0.25) is 24.0 Å². The molecule has 1 aromatic carbocycles. The first-order valence-electron chi connectivity index (χ1n) is 16.4. The Bertz CT molecular complexity index is 1360. The summed E-state index contributed by atoms with van der Waals surface area (Å²) in [5.41, 5.74) is -1.10. The molecule has 4 amide bonds. The highest BCUT2D eigenvalue weighted by molar-refractivity contribution is 6.38. The average molecular weight is 653 g/mol. The van der Waals surface area contributed by atoms with Gasteiger partial charge in [-0.25, -0.2) is 4.79 Å². The van der Waals surface area contributed by atoms with Crippen LogP contribution in [0.4, 0.5) is 4.79 Å². The van der Waals surface area contributed by atoms with Gasteiger partial charge in [0.15, 0.2) is 5.78 Å². The number of carbonyl (C=O) groups excluding carboxylic acids is 6. The van der Waals surface area contributed by atoms with Crippen molar-refractivity contribution >= 4 is 35.4 Å². The summed E-state index contributed by atoms with van der Waals surface area (Å²) < 4.78 is 5.42. The summed E-state index contributed by atoms with van der Waals surface area (Å²) in [6.07, 6.45) is 1.93. The minimum absolute atomic E-state index is 0.0609. The summed E-state index contributed by atoms with van der Waals surface area (Å²) in [6.45, 7) is 18.9. The standard InChI is InChI=1S/C36H52N4O7/c1-10-11-18-24(28(42)31(44)37-20-15-19-25(41)22-16-13-12-14-17-22)38-30(43)27-26-23(36(26,8)9)21-40(27)32(45)29(34(2,3)4)39-33(46)47-35(5,6)7/h10,12-14,16-17,23-24,26-27,29H,1,11,15,18-21H2,2-9H3,(H,37,44)(H,38,43)(H,39,46)/t23-,24-,26-,27?,29+/m0/s1. The number of nitrogens with zero attached hydrogens (tertiary/aromatic N) is 1. The van der Waals surface area contributed by atoms with Crippen molar-refractivity contribution in [1.82, 2.24) is 20.9 Å². The molecule has 0 spiro atoms. The summed E-state index contributed by atoms with van der Waals surface area (Å²) in [4.78, 5) is 80.8. The molecule has 0 radical (unpaired) electrons. The second-order valence-corrected chi connectivity index (χ2v) is 15.3. The maximum atomic E-state index is 14.1. The molecule has 0 aromatic heterocycles. The molecule has 1 aliphatic carbocycles. The van der Waals surface area contributed by atoms with Crippen LogP contribution in [0.25, 0.3) is 0 Å². The first kappa shape index (κ1) is 37.4. The molecule has 1 unspecified atom stereocenters. The van der Waals surface area contributed by atoms with Crippen LogP contribution in [-0.2, 0) is 23.9 Å². The number of benzene rings is 1. The Morgan fingerprint density at radius 1 is 1.02 bits per heavy atom. The lowest BCUT2D eigenvalue weighted by molar-refractivity contribution is -0.145. The summed E-state index contributed by atoms with van der Waals surface area (Å²) >= 11 is 0. The van der Waals surface area contributed by atoms with E-state index in [-0.39, 0.29) is 42.4 Å². The first-order valence-corrected chi connectivity index (χ1v) is 16.4. The number of allylic oxidation sites excluding steroid dienone is 1. The van der Waals surface area contributed by atoms with E-state index in [9.17, 15) is 28.8 Å². The number of amides is 4. The molecule has 2 fully saturated rings. The number of piperidine rings is 1. The van der Waals surface area contributed by atoms with E-state index in [2.05, 4.69) is 22.5 Å². The third-order valence-corrected chi connectivity index (χ3v) is 9.01. The normalized spacial score (nSPS) is 21.0. The Hall–Kier alpha value is -4.02. The molecule has 11 heteroatoms. The van der Waals surface area contributed by atoms with Gasteiger partial charge in [-0.2, -0.15) is 0 Å². The number of hydrogen-bond acceptors (Lipinski definition) is 7. The molecule has 3 rings (SSSR count). The number of carbonyl (C=O) groups is 6. The lowest BCUT2D eigenvalue weighted by atomic mass is 9.85. The van der Waals surface area contributed by atoms with E-state index in [0.29, 0.717) is 24.9 Å². The second-order valence-electron chi connectivity index (χ2n) is 15.3. The van der Waals surface area contributed by atoms with Gasteiger partial charge in [0.05, 0.1) is 6.04 Å². The molecule has 258 valence electrons. The second kappa shape index (κ2) is 14.8. The monoisotopic (exact) mass is 652 g/mol. The van der Waals surface area contributed by atoms with E-state index in [1.165, 1.54) is 4.90 Å². The molecule has 47 heavy (non-hydrogen) atoms. The summed E-state index contributed by atoms with van der Waals surface area (Å²) in [5.74, 6) is -2.75. The third kappa shape index (κ3) is 9.51. The van der Waals surface area contributed by atoms with Gasteiger partial charge in [0.1, 0.15) is 17.7 Å². The largest absolute Gasteiger partial charge is 0.444 e. The Labute approximate surface area is 278 Å². The summed E-state index contributed by atoms with van der Waals surface area (Å²) in [5, 5.41) is 8.07. The van der Waals surface area contributed by atoms with Crippen LogP contribution in [0.1, 0.15) is 91.4 Å². The van der Waals surface area contributed by atoms with Gasteiger partial charge in [-0.1, -0.05) is 71.0 Å². The Kier molecular flexibility index (Phi) is 11.8. The van der Waals surface area contributed by atoms with Crippen LogP contribution in [0.5, 0.6) is 0 Å². The highest BCUT2D eigenvalue weighted by atomic mass is 16.6. The highest BCUT2D eigenvalue weighted by Gasteiger charge is 2.70. The van der Waals surface area contributed by atoms with Gasteiger partial charge in [0.2, 0.25) is 17.6 Å². The van der Waals surface area contributed by atoms with Crippen molar-refractivity contribution in [3.63, 3.8) is 0 Å². The predicted octanol–water partition coefficient (Wildman–Crippen LogP) is 4.21. The van der Waals surface area contributed by atoms with E-state index < -0.39 is 58.7 Å². The molecule has 3 N–H and O–H groups in total. The number of fused-ring (bicyclic) bond motifs is 1. The lowest BCUT2D eigenvalue weighted by Gasteiger charge is -2.38. The van der Waals surface area contributed by atoms with Crippen LogP contribution < -0.4 is 16.0 Å². The Morgan fingerprint density at radius 2 is 1.66 bits per heavy atom.